The second kappa shape index (κ2) is 10.9. The van der Waals surface area contributed by atoms with E-state index in [4.69, 9.17) is 9.47 Å². The zero-order valence-corrected chi connectivity index (χ0v) is 21.3. The number of hydrogen-bond donors (Lipinski definition) is 0. The van der Waals surface area contributed by atoms with Gasteiger partial charge in [0, 0.05) is 17.1 Å². The van der Waals surface area contributed by atoms with Gasteiger partial charge in [0.05, 0.1) is 24.5 Å². The van der Waals surface area contributed by atoms with Crippen LogP contribution in [0.25, 0.3) is 28.2 Å². The Kier molecular flexibility index (Phi) is 7.42. The molecule has 0 bridgehead atoms. The van der Waals surface area contributed by atoms with Gasteiger partial charge in [0.1, 0.15) is 5.75 Å². The lowest BCUT2D eigenvalue weighted by atomic mass is 10.0. The van der Waals surface area contributed by atoms with Crippen molar-refractivity contribution < 1.29 is 27.4 Å². The van der Waals surface area contributed by atoms with Crippen LogP contribution < -0.4 is 19.8 Å². The number of benzene rings is 2. The SMILES string of the molecule is CCCOc1cccc(C=Cc2nc3sccn3c(=O)c2-c2ccc(OC(F)(F)F)cc2)c1OCC1CC1. The molecule has 5 rings (SSSR count). The van der Waals surface area contributed by atoms with E-state index in [1.165, 1.54) is 40.0 Å². The molecule has 38 heavy (non-hydrogen) atoms. The Hall–Kier alpha value is -3.79. The van der Waals surface area contributed by atoms with Crippen LogP contribution in [-0.2, 0) is 0 Å². The number of hydrogen-bond acceptors (Lipinski definition) is 6. The second-order valence-corrected chi connectivity index (χ2v) is 9.79. The summed E-state index contributed by atoms with van der Waals surface area (Å²) in [5, 5.41) is 1.75. The van der Waals surface area contributed by atoms with Gasteiger partial charge in [-0.15, -0.1) is 24.5 Å². The number of rotatable bonds is 10. The third-order valence-corrected chi connectivity index (χ3v) is 6.68. The molecule has 0 N–H and O–H groups in total. The van der Waals surface area contributed by atoms with Crippen molar-refractivity contribution >= 4 is 28.4 Å². The molecule has 1 aliphatic carbocycles. The van der Waals surface area contributed by atoms with E-state index in [2.05, 4.69) is 9.72 Å². The van der Waals surface area contributed by atoms with E-state index in [1.807, 2.05) is 31.2 Å². The zero-order valence-electron chi connectivity index (χ0n) is 20.5. The molecule has 1 aliphatic rings. The Morgan fingerprint density at radius 2 is 1.89 bits per heavy atom. The van der Waals surface area contributed by atoms with Gasteiger partial charge in [-0.05, 0) is 61.1 Å². The van der Waals surface area contributed by atoms with Crippen molar-refractivity contribution in [1.82, 2.24) is 9.38 Å². The van der Waals surface area contributed by atoms with Crippen molar-refractivity contribution in [2.45, 2.75) is 32.5 Å². The van der Waals surface area contributed by atoms with Gasteiger partial charge in [-0.2, -0.15) is 0 Å². The minimum absolute atomic E-state index is 0.259. The monoisotopic (exact) mass is 542 g/mol. The summed E-state index contributed by atoms with van der Waals surface area (Å²) in [7, 11) is 0. The zero-order chi connectivity index (χ0) is 26.7. The topological polar surface area (TPSA) is 62.1 Å². The van der Waals surface area contributed by atoms with Crippen LogP contribution in [0.1, 0.15) is 37.4 Å². The number of fused-ring (bicyclic) bond motifs is 1. The molecule has 2 heterocycles. The van der Waals surface area contributed by atoms with Gasteiger partial charge in [-0.1, -0.05) is 31.2 Å². The van der Waals surface area contributed by atoms with Gasteiger partial charge < -0.3 is 14.2 Å². The van der Waals surface area contributed by atoms with E-state index in [9.17, 15) is 18.0 Å². The van der Waals surface area contributed by atoms with E-state index >= 15 is 0 Å². The van der Waals surface area contributed by atoms with Crippen LogP contribution in [0, 0.1) is 5.92 Å². The number of nitrogens with zero attached hydrogens (tertiary/aromatic N) is 2. The molecule has 0 amide bonds. The van der Waals surface area contributed by atoms with Crippen LogP contribution >= 0.6 is 11.3 Å². The van der Waals surface area contributed by atoms with Crippen molar-refractivity contribution in [3.05, 3.63) is 75.7 Å². The first-order valence-electron chi connectivity index (χ1n) is 12.2. The summed E-state index contributed by atoms with van der Waals surface area (Å²) < 4.78 is 55.3. The Bertz CT molecular complexity index is 1510. The van der Waals surface area contributed by atoms with E-state index in [0.717, 1.165) is 24.8 Å². The van der Waals surface area contributed by atoms with E-state index in [1.54, 1.807) is 17.7 Å². The van der Waals surface area contributed by atoms with Crippen LogP contribution in [0.5, 0.6) is 17.2 Å². The molecular formula is C28H25F3N2O4S. The number of para-hydroxylation sites is 1. The summed E-state index contributed by atoms with van der Waals surface area (Å²) in [4.78, 5) is 18.6. The standard InChI is InChI=1S/C28H25F3N2O4S/c1-2-15-35-23-5-3-4-20(25(23)36-17-18-6-7-18)10-13-22-24(26(34)33-14-16-38-27(33)32-22)19-8-11-21(12-9-19)37-28(29,30)31/h3-5,8-14,16,18H,2,6-7,15,17H2,1H3. The molecule has 2 aromatic carbocycles. The Morgan fingerprint density at radius 3 is 2.61 bits per heavy atom. The molecule has 6 nitrogen and oxygen atoms in total. The Labute approximate surface area is 220 Å². The van der Waals surface area contributed by atoms with Gasteiger partial charge in [-0.25, -0.2) is 4.98 Å². The summed E-state index contributed by atoms with van der Waals surface area (Å²) in [6, 6.07) is 10.8. The fraction of sp³-hybridized carbons (Fsp3) is 0.286. The third kappa shape index (κ3) is 6.02. The minimum Gasteiger partial charge on any atom is -0.490 e. The molecule has 0 atom stereocenters. The molecule has 1 saturated carbocycles. The molecule has 0 spiro atoms. The molecule has 1 fully saturated rings. The normalized spacial score (nSPS) is 13.8. The average molecular weight is 543 g/mol. The van der Waals surface area contributed by atoms with Gasteiger partial charge in [-0.3, -0.25) is 9.20 Å². The molecule has 10 heteroatoms. The van der Waals surface area contributed by atoms with Crippen molar-refractivity contribution in [2.75, 3.05) is 13.2 Å². The highest BCUT2D eigenvalue weighted by molar-refractivity contribution is 7.15. The molecule has 0 saturated heterocycles. The Balaban J connectivity index is 1.54. The van der Waals surface area contributed by atoms with Crippen molar-refractivity contribution in [3.8, 4) is 28.4 Å². The van der Waals surface area contributed by atoms with Gasteiger partial charge in [0.2, 0.25) is 0 Å². The fourth-order valence-electron chi connectivity index (χ4n) is 3.91. The van der Waals surface area contributed by atoms with Crippen molar-refractivity contribution in [2.24, 2.45) is 5.92 Å². The molecular weight excluding hydrogens is 517 g/mol. The molecule has 198 valence electrons. The maximum atomic E-state index is 13.4. The summed E-state index contributed by atoms with van der Waals surface area (Å²) >= 11 is 1.31. The molecule has 0 unspecified atom stereocenters. The second-order valence-electron chi connectivity index (χ2n) is 8.92. The first-order valence-corrected chi connectivity index (χ1v) is 13.1. The van der Waals surface area contributed by atoms with Crippen LogP contribution in [0.4, 0.5) is 13.2 Å². The molecule has 0 radical (unpaired) electrons. The smallest absolute Gasteiger partial charge is 0.490 e. The largest absolute Gasteiger partial charge is 0.573 e. The number of thiazole rings is 1. The predicted octanol–water partition coefficient (Wildman–Crippen LogP) is 7.07. The number of alkyl halides is 3. The predicted molar refractivity (Wildman–Crippen MR) is 141 cm³/mol. The lowest BCUT2D eigenvalue weighted by Crippen LogP contribution is -2.18. The van der Waals surface area contributed by atoms with Gasteiger partial charge in [0.25, 0.3) is 5.56 Å². The number of ether oxygens (including phenoxy) is 3. The van der Waals surface area contributed by atoms with E-state index in [0.29, 0.717) is 46.8 Å². The maximum Gasteiger partial charge on any atom is 0.573 e. The highest BCUT2D eigenvalue weighted by atomic mass is 32.1. The van der Waals surface area contributed by atoms with Crippen molar-refractivity contribution in [1.29, 1.82) is 0 Å². The summed E-state index contributed by atoms with van der Waals surface area (Å²) in [6.45, 7) is 3.19. The van der Waals surface area contributed by atoms with Crippen molar-refractivity contribution in [3.63, 3.8) is 0 Å². The maximum absolute atomic E-state index is 13.4. The summed E-state index contributed by atoms with van der Waals surface area (Å²) in [5.41, 5.74) is 1.50. The third-order valence-electron chi connectivity index (χ3n) is 5.92. The van der Waals surface area contributed by atoms with Gasteiger partial charge >= 0.3 is 6.36 Å². The highest BCUT2D eigenvalue weighted by Gasteiger charge is 2.31. The summed E-state index contributed by atoms with van der Waals surface area (Å²) in [5.74, 6) is 1.46. The lowest BCUT2D eigenvalue weighted by molar-refractivity contribution is -0.274. The lowest BCUT2D eigenvalue weighted by Gasteiger charge is -2.15. The fourth-order valence-corrected chi connectivity index (χ4v) is 4.62. The number of aromatic nitrogens is 2. The van der Waals surface area contributed by atoms with Crippen LogP contribution in [-0.4, -0.2) is 29.0 Å². The van der Waals surface area contributed by atoms with Gasteiger partial charge in [0.15, 0.2) is 16.5 Å². The Morgan fingerprint density at radius 1 is 1.11 bits per heavy atom. The van der Waals surface area contributed by atoms with E-state index in [-0.39, 0.29) is 16.9 Å². The summed E-state index contributed by atoms with van der Waals surface area (Å²) in [6.07, 6.45) is 3.50. The molecule has 4 aromatic rings. The molecule has 0 aliphatic heterocycles. The highest BCUT2D eigenvalue weighted by Crippen LogP contribution is 2.36. The first-order chi connectivity index (χ1) is 18.3. The van der Waals surface area contributed by atoms with Crippen LogP contribution in [0.15, 0.2) is 58.8 Å². The number of halogens is 3. The molecule has 2 aromatic heterocycles. The van der Waals surface area contributed by atoms with Crippen LogP contribution in [0.3, 0.4) is 0 Å². The quantitative estimate of drug-likeness (QED) is 0.215. The average Bonchev–Trinajstić information content (AvgIpc) is 3.59. The van der Waals surface area contributed by atoms with Crippen LogP contribution in [0.2, 0.25) is 0 Å². The minimum atomic E-state index is -4.80. The van der Waals surface area contributed by atoms with E-state index < -0.39 is 6.36 Å². The first kappa shape index (κ1) is 25.8.